The molecule has 0 radical (unpaired) electrons. The fourth-order valence-corrected chi connectivity index (χ4v) is 5.75. The summed E-state index contributed by atoms with van der Waals surface area (Å²) in [4.78, 5) is 30.3. The van der Waals surface area contributed by atoms with Crippen molar-refractivity contribution < 1.29 is 9.53 Å². The predicted octanol–water partition coefficient (Wildman–Crippen LogP) is 4.46. The number of likely N-dealkylation sites (tertiary alicyclic amines) is 1. The molecule has 0 aliphatic carbocycles. The summed E-state index contributed by atoms with van der Waals surface area (Å²) < 4.78 is 7.02. The number of H-pyrrole nitrogens is 1. The number of aryl methyl sites for hydroxylation is 1. The molecule has 210 valence electrons. The highest BCUT2D eigenvalue weighted by Gasteiger charge is 2.26. The molecule has 1 aromatic heterocycles. The molecule has 3 aromatic rings. The molecule has 2 N–H and O–H groups in total. The molecule has 8 nitrogen and oxygen atoms in total. The van der Waals surface area contributed by atoms with E-state index in [-0.39, 0.29) is 18.0 Å². The van der Waals surface area contributed by atoms with Gasteiger partial charge >= 0.3 is 0 Å². The second kappa shape index (κ2) is 12.7. The van der Waals surface area contributed by atoms with Crippen molar-refractivity contribution in [2.45, 2.75) is 52.6 Å². The van der Waals surface area contributed by atoms with Crippen LogP contribution in [-0.4, -0.2) is 59.9 Å². The summed E-state index contributed by atoms with van der Waals surface area (Å²) in [5.74, 6) is 0.667. The van der Waals surface area contributed by atoms with E-state index in [1.54, 1.807) is 24.9 Å². The molecule has 4 rings (SSSR count). The number of anilines is 1. The first-order valence-corrected chi connectivity index (χ1v) is 14.0. The van der Waals surface area contributed by atoms with Crippen molar-refractivity contribution in [2.75, 3.05) is 38.2 Å². The number of rotatable bonds is 10. The number of halogens is 1. The van der Waals surface area contributed by atoms with Crippen LogP contribution < -0.4 is 20.5 Å². The number of amides is 1. The van der Waals surface area contributed by atoms with Gasteiger partial charge in [-0.25, -0.2) is 0 Å². The molecule has 0 atom stereocenters. The maximum atomic E-state index is 13.2. The zero-order valence-electron chi connectivity index (χ0n) is 23.6. The van der Waals surface area contributed by atoms with Gasteiger partial charge in [-0.2, -0.15) is 0 Å². The molecular formula is C30H40ClN5O3. The van der Waals surface area contributed by atoms with E-state index in [1.165, 1.54) is 5.56 Å². The van der Waals surface area contributed by atoms with Crippen molar-refractivity contribution in [3.05, 3.63) is 79.7 Å². The van der Waals surface area contributed by atoms with Gasteiger partial charge in [0, 0.05) is 61.2 Å². The number of carbonyl (C=O) groups excluding carboxylic acids is 1. The van der Waals surface area contributed by atoms with Crippen LogP contribution in [0.5, 0.6) is 5.75 Å². The molecule has 0 spiro atoms. The van der Waals surface area contributed by atoms with Crippen LogP contribution >= 0.6 is 11.6 Å². The lowest BCUT2D eigenvalue weighted by atomic mass is 9.98. The molecule has 1 fully saturated rings. The van der Waals surface area contributed by atoms with Gasteiger partial charge in [0.05, 0.1) is 19.2 Å². The summed E-state index contributed by atoms with van der Waals surface area (Å²) in [5, 5.41) is 6.17. The Hall–Kier alpha value is -3.23. The summed E-state index contributed by atoms with van der Waals surface area (Å²) in [5.41, 5.74) is 4.90. The molecule has 0 saturated carbocycles. The van der Waals surface area contributed by atoms with Gasteiger partial charge in [0.2, 0.25) is 0 Å². The largest absolute Gasteiger partial charge is 0.497 e. The second-order valence-corrected chi connectivity index (χ2v) is 10.7. The third-order valence-electron chi connectivity index (χ3n) is 8.00. The number of aromatic nitrogens is 2. The maximum Gasteiger partial charge on any atom is 0.269 e. The Morgan fingerprint density at radius 2 is 1.95 bits per heavy atom. The van der Waals surface area contributed by atoms with Crippen LogP contribution in [0.2, 0.25) is 5.02 Å². The molecule has 0 unspecified atom stereocenters. The van der Waals surface area contributed by atoms with Crippen molar-refractivity contribution in [2.24, 2.45) is 7.05 Å². The Morgan fingerprint density at radius 1 is 1.21 bits per heavy atom. The van der Waals surface area contributed by atoms with Crippen molar-refractivity contribution in [1.29, 1.82) is 0 Å². The summed E-state index contributed by atoms with van der Waals surface area (Å²) >= 11 is 6.54. The Labute approximate surface area is 235 Å². The van der Waals surface area contributed by atoms with Gasteiger partial charge in [-0.05, 0) is 75.4 Å². The van der Waals surface area contributed by atoms with Gasteiger partial charge in [0.1, 0.15) is 5.75 Å². The number of aromatic amines is 1. The van der Waals surface area contributed by atoms with Gasteiger partial charge < -0.3 is 19.9 Å². The van der Waals surface area contributed by atoms with Crippen molar-refractivity contribution in [1.82, 2.24) is 20.0 Å². The van der Waals surface area contributed by atoms with E-state index < -0.39 is 0 Å². The lowest BCUT2D eigenvalue weighted by molar-refractivity contribution is 0.0950. The molecule has 9 heteroatoms. The third kappa shape index (κ3) is 6.68. The SMILES string of the molecule is CCN(c1cc(Cl)cc(C(=O)NCc2c(C)n(C)[nH]c2=O)c1C)C1CCN(CCc2cccc(OC)c2)CC1. The summed E-state index contributed by atoms with van der Waals surface area (Å²) in [7, 11) is 3.48. The van der Waals surface area contributed by atoms with Gasteiger partial charge in [0.25, 0.3) is 11.5 Å². The third-order valence-corrected chi connectivity index (χ3v) is 8.22. The van der Waals surface area contributed by atoms with Gasteiger partial charge in [0.15, 0.2) is 0 Å². The molecule has 39 heavy (non-hydrogen) atoms. The zero-order chi connectivity index (χ0) is 28.1. The average molecular weight is 554 g/mol. The minimum atomic E-state index is -0.234. The predicted molar refractivity (Wildman–Crippen MR) is 157 cm³/mol. The number of ether oxygens (including phenoxy) is 1. The van der Waals surface area contributed by atoms with Gasteiger partial charge in [-0.1, -0.05) is 23.7 Å². The zero-order valence-corrected chi connectivity index (χ0v) is 24.4. The number of piperidine rings is 1. The van der Waals surface area contributed by atoms with E-state index in [0.717, 1.165) is 68.1 Å². The fraction of sp³-hybridized carbons (Fsp3) is 0.467. The van der Waals surface area contributed by atoms with Crippen LogP contribution in [0.3, 0.4) is 0 Å². The first kappa shape index (κ1) is 28.8. The maximum absolute atomic E-state index is 13.2. The van der Waals surface area contributed by atoms with E-state index in [4.69, 9.17) is 16.3 Å². The number of carbonyl (C=O) groups is 1. The number of nitrogens with one attached hydrogen (secondary N) is 2. The highest BCUT2D eigenvalue weighted by Crippen LogP contribution is 2.32. The van der Waals surface area contributed by atoms with E-state index >= 15 is 0 Å². The first-order chi connectivity index (χ1) is 18.7. The molecule has 1 aliphatic heterocycles. The van der Waals surface area contributed by atoms with E-state index in [1.807, 2.05) is 32.0 Å². The molecule has 1 aliphatic rings. The highest BCUT2D eigenvalue weighted by atomic mass is 35.5. The normalized spacial score (nSPS) is 14.4. The number of hydrogen-bond acceptors (Lipinski definition) is 5. The first-order valence-electron chi connectivity index (χ1n) is 13.7. The molecule has 2 aromatic carbocycles. The number of nitrogens with zero attached hydrogens (tertiary/aromatic N) is 3. The van der Waals surface area contributed by atoms with Crippen LogP contribution in [0.15, 0.2) is 41.2 Å². The Balaban J connectivity index is 1.41. The molecule has 1 saturated heterocycles. The van der Waals surface area contributed by atoms with E-state index in [9.17, 15) is 9.59 Å². The Kier molecular flexibility index (Phi) is 9.40. The number of hydrogen-bond donors (Lipinski definition) is 2. The Morgan fingerprint density at radius 3 is 2.59 bits per heavy atom. The lowest BCUT2D eigenvalue weighted by Gasteiger charge is -2.40. The minimum Gasteiger partial charge on any atom is -0.497 e. The minimum absolute atomic E-state index is 0.161. The summed E-state index contributed by atoms with van der Waals surface area (Å²) in [6.07, 6.45) is 3.10. The van der Waals surface area contributed by atoms with Crippen LogP contribution in [-0.2, 0) is 20.0 Å². The molecule has 2 heterocycles. The Bertz CT molecular complexity index is 1360. The number of methoxy groups -OCH3 is 1. The van der Waals surface area contributed by atoms with Crippen molar-refractivity contribution in [3.8, 4) is 5.75 Å². The second-order valence-electron chi connectivity index (χ2n) is 10.3. The van der Waals surface area contributed by atoms with E-state index in [0.29, 0.717) is 22.2 Å². The van der Waals surface area contributed by atoms with Crippen LogP contribution in [0.4, 0.5) is 5.69 Å². The van der Waals surface area contributed by atoms with Crippen molar-refractivity contribution >= 4 is 23.2 Å². The highest BCUT2D eigenvalue weighted by molar-refractivity contribution is 6.31. The van der Waals surface area contributed by atoms with Crippen molar-refractivity contribution in [3.63, 3.8) is 0 Å². The fourth-order valence-electron chi connectivity index (χ4n) is 5.54. The summed E-state index contributed by atoms with van der Waals surface area (Å²) in [6, 6.07) is 12.4. The van der Waals surface area contributed by atoms with Crippen LogP contribution in [0, 0.1) is 13.8 Å². The molecule has 0 bridgehead atoms. The van der Waals surface area contributed by atoms with Crippen LogP contribution in [0.25, 0.3) is 0 Å². The van der Waals surface area contributed by atoms with Gasteiger partial charge in [-0.3, -0.25) is 19.4 Å². The van der Waals surface area contributed by atoms with Gasteiger partial charge in [-0.15, -0.1) is 0 Å². The summed E-state index contributed by atoms with van der Waals surface area (Å²) in [6.45, 7) is 10.1. The smallest absolute Gasteiger partial charge is 0.269 e. The number of benzene rings is 2. The molecule has 1 amide bonds. The monoisotopic (exact) mass is 553 g/mol. The average Bonchev–Trinajstić information content (AvgIpc) is 3.18. The van der Waals surface area contributed by atoms with Crippen LogP contribution in [0.1, 0.15) is 52.5 Å². The van der Waals surface area contributed by atoms with E-state index in [2.05, 4.69) is 39.3 Å². The topological polar surface area (TPSA) is 82.6 Å². The standard InChI is InChI=1S/C30H40ClN5O3/c1-6-36(24-11-14-35(15-12-24)13-10-22-8-7-9-25(16-22)39-5)28-18-23(31)17-26(20(28)2)29(37)32-19-27-21(3)34(4)33-30(27)38/h7-9,16-18,24H,6,10-15,19H2,1-5H3,(H,32,37)(H,33,38). The quantitative estimate of drug-likeness (QED) is 0.387. The lowest BCUT2D eigenvalue weighted by Crippen LogP contribution is -2.45. The molecular weight excluding hydrogens is 514 g/mol.